The maximum atomic E-state index is 12.7. The third-order valence-corrected chi connectivity index (χ3v) is 6.48. The van der Waals surface area contributed by atoms with Crippen LogP contribution in [0.4, 0.5) is 5.69 Å². The highest BCUT2D eigenvalue weighted by molar-refractivity contribution is 7.91. The minimum atomic E-state index is -3.16. The predicted octanol–water partition coefficient (Wildman–Crippen LogP) is 1.16. The number of carbonyl (C=O) groups is 2. The summed E-state index contributed by atoms with van der Waals surface area (Å²) in [5, 5.41) is 3.03. The number of hydrogen-bond donors (Lipinski definition) is 1. The van der Waals surface area contributed by atoms with E-state index >= 15 is 0 Å². The first-order chi connectivity index (χ1) is 12.1. The highest BCUT2D eigenvalue weighted by Gasteiger charge is 2.36. The Hall–Kier alpha value is -1.64. The summed E-state index contributed by atoms with van der Waals surface area (Å²) in [5.74, 6) is -1.59. The van der Waals surface area contributed by atoms with E-state index in [1.54, 1.807) is 18.2 Å². The smallest absolute Gasteiger partial charge is 0.313 e. The van der Waals surface area contributed by atoms with Crippen LogP contribution >= 0.6 is 11.6 Å². The lowest BCUT2D eigenvalue weighted by Crippen LogP contribution is -2.48. The molecule has 9 heteroatoms. The maximum Gasteiger partial charge on any atom is 0.313 e. The van der Waals surface area contributed by atoms with Crippen molar-refractivity contribution in [2.24, 2.45) is 0 Å². The monoisotopic (exact) mass is 401 g/mol. The first-order valence-corrected chi connectivity index (χ1v) is 10.5. The Bertz CT molecular complexity index is 795. The molecule has 1 aliphatic rings. The van der Waals surface area contributed by atoms with Gasteiger partial charge in [0.2, 0.25) is 0 Å². The molecule has 1 aliphatic heterocycles. The second-order valence-corrected chi connectivity index (χ2v) is 9.41. The van der Waals surface area contributed by atoms with Crippen LogP contribution in [0.25, 0.3) is 0 Å². The van der Waals surface area contributed by atoms with E-state index in [2.05, 4.69) is 5.32 Å². The van der Waals surface area contributed by atoms with E-state index in [0.717, 1.165) is 5.56 Å². The van der Waals surface area contributed by atoms with Crippen molar-refractivity contribution < 1.29 is 18.0 Å². The van der Waals surface area contributed by atoms with E-state index < -0.39 is 27.7 Å². The number of likely N-dealkylation sites (N-methyl/N-ethyl adjacent to an activating group) is 1. The van der Waals surface area contributed by atoms with Gasteiger partial charge in [-0.15, -0.1) is 0 Å². The first kappa shape index (κ1) is 20.7. The Morgan fingerprint density at radius 3 is 2.50 bits per heavy atom. The molecular weight excluding hydrogens is 378 g/mol. The van der Waals surface area contributed by atoms with Crippen LogP contribution in [0.15, 0.2) is 18.2 Å². The first-order valence-electron chi connectivity index (χ1n) is 8.32. The Kier molecular flexibility index (Phi) is 6.65. The molecule has 1 saturated heterocycles. The lowest BCUT2D eigenvalue weighted by atomic mass is 10.2. The Labute approximate surface area is 159 Å². The summed E-state index contributed by atoms with van der Waals surface area (Å²) in [4.78, 5) is 28.3. The standard InChI is InChI=1S/C17H24ClN3O4S/c1-12-4-5-13(10-15(12)18)19-16(22)17(23)21(8-7-20(2)3)14-6-9-26(24,25)11-14/h4-5,10,14H,6-9,11H2,1-3H3,(H,19,22). The number of rotatable bonds is 5. The number of halogens is 1. The van der Waals surface area contributed by atoms with Crippen LogP contribution < -0.4 is 5.32 Å². The van der Waals surface area contributed by atoms with Gasteiger partial charge in [0.1, 0.15) is 0 Å². The molecule has 1 unspecified atom stereocenters. The van der Waals surface area contributed by atoms with Gasteiger partial charge in [0.15, 0.2) is 9.84 Å². The number of anilines is 1. The molecule has 0 aliphatic carbocycles. The summed E-state index contributed by atoms with van der Waals surface area (Å²) in [5.41, 5.74) is 1.28. The molecule has 1 N–H and O–H groups in total. The molecule has 1 aromatic carbocycles. The summed E-state index contributed by atoms with van der Waals surface area (Å²) in [6, 6.07) is 4.51. The molecule has 0 bridgehead atoms. The average molecular weight is 402 g/mol. The molecule has 144 valence electrons. The van der Waals surface area contributed by atoms with Crippen molar-refractivity contribution in [1.29, 1.82) is 0 Å². The van der Waals surface area contributed by atoms with Gasteiger partial charge in [-0.05, 0) is 45.1 Å². The van der Waals surface area contributed by atoms with Crippen molar-refractivity contribution in [3.8, 4) is 0 Å². The van der Waals surface area contributed by atoms with Crippen LogP contribution in [-0.4, -0.2) is 74.8 Å². The van der Waals surface area contributed by atoms with Crippen molar-refractivity contribution in [2.75, 3.05) is 44.0 Å². The second kappa shape index (κ2) is 8.37. The predicted molar refractivity (Wildman–Crippen MR) is 102 cm³/mol. The van der Waals surface area contributed by atoms with E-state index in [1.165, 1.54) is 4.90 Å². The zero-order valence-electron chi connectivity index (χ0n) is 15.2. The van der Waals surface area contributed by atoms with Crippen molar-refractivity contribution >= 4 is 38.9 Å². The Morgan fingerprint density at radius 1 is 1.27 bits per heavy atom. The van der Waals surface area contributed by atoms with Crippen molar-refractivity contribution in [2.45, 2.75) is 19.4 Å². The number of benzene rings is 1. The van der Waals surface area contributed by atoms with Crippen LogP contribution in [0.5, 0.6) is 0 Å². The minimum absolute atomic E-state index is 0.0403. The largest absolute Gasteiger partial charge is 0.329 e. The molecule has 0 spiro atoms. The van der Waals surface area contributed by atoms with Gasteiger partial charge >= 0.3 is 11.8 Å². The third-order valence-electron chi connectivity index (χ3n) is 4.32. The second-order valence-electron chi connectivity index (χ2n) is 6.78. The van der Waals surface area contributed by atoms with Gasteiger partial charge in [-0.2, -0.15) is 0 Å². The zero-order valence-corrected chi connectivity index (χ0v) is 16.7. The molecule has 1 heterocycles. The van der Waals surface area contributed by atoms with Crippen molar-refractivity contribution in [3.05, 3.63) is 28.8 Å². The summed E-state index contributed by atoms with van der Waals surface area (Å²) >= 11 is 6.04. The number of nitrogens with one attached hydrogen (secondary N) is 1. The van der Waals surface area contributed by atoms with E-state index in [9.17, 15) is 18.0 Å². The average Bonchev–Trinajstić information content (AvgIpc) is 2.90. The number of aryl methyl sites for hydroxylation is 1. The minimum Gasteiger partial charge on any atom is -0.329 e. The number of sulfone groups is 1. The van der Waals surface area contributed by atoms with Crippen molar-refractivity contribution in [1.82, 2.24) is 9.80 Å². The van der Waals surface area contributed by atoms with Gasteiger partial charge in [0.05, 0.1) is 11.5 Å². The highest BCUT2D eigenvalue weighted by Crippen LogP contribution is 2.21. The van der Waals surface area contributed by atoms with Gasteiger partial charge < -0.3 is 15.1 Å². The number of hydrogen-bond acceptors (Lipinski definition) is 5. The molecule has 1 atom stereocenters. The van der Waals surface area contributed by atoms with Crippen LogP contribution in [0.2, 0.25) is 5.02 Å². The maximum absolute atomic E-state index is 12.7. The molecule has 2 rings (SSSR count). The molecule has 2 amide bonds. The van der Waals surface area contributed by atoms with E-state index in [1.807, 2.05) is 25.9 Å². The van der Waals surface area contributed by atoms with E-state index in [4.69, 9.17) is 11.6 Å². The molecular formula is C17H24ClN3O4S. The normalized spacial score (nSPS) is 18.7. The van der Waals surface area contributed by atoms with Gasteiger partial charge in [-0.3, -0.25) is 9.59 Å². The Balaban J connectivity index is 2.13. The van der Waals surface area contributed by atoms with Gasteiger partial charge in [0.25, 0.3) is 0 Å². The van der Waals surface area contributed by atoms with Gasteiger partial charge in [-0.1, -0.05) is 17.7 Å². The molecule has 1 fully saturated rings. The summed E-state index contributed by atoms with van der Waals surface area (Å²) < 4.78 is 23.5. The van der Waals surface area contributed by atoms with Crippen LogP contribution in [0.3, 0.4) is 0 Å². The topological polar surface area (TPSA) is 86.8 Å². The molecule has 7 nitrogen and oxygen atoms in total. The third kappa shape index (κ3) is 5.43. The summed E-state index contributed by atoms with van der Waals surface area (Å²) in [6.07, 6.45) is 0.352. The number of carbonyl (C=O) groups excluding carboxylic acids is 2. The highest BCUT2D eigenvalue weighted by atomic mass is 35.5. The van der Waals surface area contributed by atoms with E-state index in [-0.39, 0.29) is 18.1 Å². The summed E-state index contributed by atoms with van der Waals surface area (Å²) in [6.45, 7) is 2.66. The quantitative estimate of drug-likeness (QED) is 0.748. The fourth-order valence-corrected chi connectivity index (χ4v) is 4.68. The Morgan fingerprint density at radius 2 is 1.96 bits per heavy atom. The van der Waals surface area contributed by atoms with Crippen LogP contribution in [0.1, 0.15) is 12.0 Å². The number of amides is 2. The summed E-state index contributed by atoms with van der Waals surface area (Å²) in [7, 11) is 0.535. The fourth-order valence-electron chi connectivity index (χ4n) is 2.76. The lowest BCUT2D eigenvalue weighted by Gasteiger charge is -2.28. The molecule has 1 aromatic rings. The SMILES string of the molecule is Cc1ccc(NC(=O)C(=O)N(CCN(C)C)C2CCS(=O)(=O)C2)cc1Cl. The molecule has 0 radical (unpaired) electrons. The zero-order chi connectivity index (χ0) is 19.5. The fraction of sp³-hybridized carbons (Fsp3) is 0.529. The van der Waals surface area contributed by atoms with Gasteiger partial charge in [-0.25, -0.2) is 8.42 Å². The number of nitrogens with zero attached hydrogens (tertiary/aromatic N) is 2. The van der Waals surface area contributed by atoms with Gasteiger partial charge in [0, 0.05) is 29.8 Å². The molecule has 0 saturated carbocycles. The van der Waals surface area contributed by atoms with Crippen LogP contribution in [0, 0.1) is 6.92 Å². The van der Waals surface area contributed by atoms with Crippen molar-refractivity contribution in [3.63, 3.8) is 0 Å². The van der Waals surface area contributed by atoms with Crippen LogP contribution in [-0.2, 0) is 19.4 Å². The van der Waals surface area contributed by atoms with E-state index in [0.29, 0.717) is 23.7 Å². The molecule has 0 aromatic heterocycles. The lowest BCUT2D eigenvalue weighted by molar-refractivity contribution is -0.144. The molecule has 26 heavy (non-hydrogen) atoms.